The molecule has 1 N–H and O–H groups in total. The highest BCUT2D eigenvalue weighted by molar-refractivity contribution is 6.31. The van der Waals surface area contributed by atoms with E-state index in [4.69, 9.17) is 11.6 Å². The number of nitrogens with zero attached hydrogens (tertiary/aromatic N) is 2. The number of piperidine rings is 1. The maximum absolute atomic E-state index is 12.7. The van der Waals surface area contributed by atoms with E-state index in [1.165, 1.54) is 0 Å². The molecule has 0 aliphatic carbocycles. The second-order valence-corrected chi connectivity index (χ2v) is 7.13. The summed E-state index contributed by atoms with van der Waals surface area (Å²) in [7, 11) is 0. The molecule has 2 aliphatic rings. The zero-order chi connectivity index (χ0) is 17.1. The van der Waals surface area contributed by atoms with Gasteiger partial charge in [-0.2, -0.15) is 0 Å². The van der Waals surface area contributed by atoms with Gasteiger partial charge >= 0.3 is 0 Å². The molecular weight excluding hydrogens is 361 g/mol. The lowest BCUT2D eigenvalue weighted by Gasteiger charge is -2.41. The largest absolute Gasteiger partial charge is 0.329 e. The standard InChI is InChI=1S/C18H24ClN3O2.ClH/c1-13-18(24)21(11-15-6-2-3-7-16(15)19)12-17(23)22(13)10-14-5-4-8-20-9-14;/h2-3,6-7,13-14,20H,4-5,8-12H2,1H3;1H/t13-,14-;/m0./s1. The van der Waals surface area contributed by atoms with Crippen LogP contribution < -0.4 is 5.32 Å². The molecule has 0 saturated carbocycles. The summed E-state index contributed by atoms with van der Waals surface area (Å²) in [6, 6.07) is 7.04. The highest BCUT2D eigenvalue weighted by Gasteiger charge is 2.37. The molecule has 0 bridgehead atoms. The molecule has 0 aromatic heterocycles. The first-order valence-corrected chi connectivity index (χ1v) is 8.96. The van der Waals surface area contributed by atoms with Gasteiger partial charge in [-0.3, -0.25) is 9.59 Å². The molecule has 25 heavy (non-hydrogen) atoms. The molecule has 2 atom stereocenters. The maximum Gasteiger partial charge on any atom is 0.245 e. The van der Waals surface area contributed by atoms with Gasteiger partial charge in [0.05, 0.1) is 0 Å². The van der Waals surface area contributed by atoms with Gasteiger partial charge in [0.25, 0.3) is 0 Å². The maximum atomic E-state index is 12.7. The number of carbonyl (C=O) groups is 2. The summed E-state index contributed by atoms with van der Waals surface area (Å²) in [5.41, 5.74) is 0.873. The lowest BCUT2D eigenvalue weighted by atomic mass is 9.97. The van der Waals surface area contributed by atoms with Crippen molar-refractivity contribution in [1.29, 1.82) is 0 Å². The second kappa shape index (κ2) is 8.88. The molecule has 2 aliphatic heterocycles. The van der Waals surface area contributed by atoms with E-state index in [9.17, 15) is 9.59 Å². The molecule has 7 heteroatoms. The highest BCUT2D eigenvalue weighted by Crippen LogP contribution is 2.22. The van der Waals surface area contributed by atoms with Crippen LogP contribution in [-0.2, 0) is 16.1 Å². The number of piperazine rings is 1. The summed E-state index contributed by atoms with van der Waals surface area (Å²) in [6.45, 7) is 4.98. The molecule has 0 unspecified atom stereocenters. The van der Waals surface area contributed by atoms with E-state index in [2.05, 4.69) is 5.32 Å². The first-order valence-electron chi connectivity index (χ1n) is 8.58. The monoisotopic (exact) mass is 385 g/mol. The molecule has 1 aromatic rings. The lowest BCUT2D eigenvalue weighted by molar-refractivity contribution is -0.156. The van der Waals surface area contributed by atoms with E-state index in [1.807, 2.05) is 25.1 Å². The highest BCUT2D eigenvalue weighted by atomic mass is 35.5. The molecular formula is C18H25Cl2N3O2. The Balaban J connectivity index is 0.00000225. The number of amides is 2. The van der Waals surface area contributed by atoms with Crippen molar-refractivity contribution in [1.82, 2.24) is 15.1 Å². The number of halogens is 2. The van der Waals surface area contributed by atoms with Gasteiger partial charge in [-0.05, 0) is 50.4 Å². The smallest absolute Gasteiger partial charge is 0.245 e. The predicted octanol–water partition coefficient (Wildman–Crippen LogP) is 2.32. The molecule has 2 heterocycles. The fourth-order valence-corrected chi connectivity index (χ4v) is 3.73. The van der Waals surface area contributed by atoms with Crippen molar-refractivity contribution in [3.63, 3.8) is 0 Å². The first kappa shape index (κ1) is 20.0. The van der Waals surface area contributed by atoms with Gasteiger partial charge in [-0.15, -0.1) is 12.4 Å². The van der Waals surface area contributed by atoms with Gasteiger partial charge < -0.3 is 15.1 Å². The van der Waals surface area contributed by atoms with Crippen molar-refractivity contribution >= 4 is 35.8 Å². The third-order valence-electron chi connectivity index (χ3n) is 4.96. The zero-order valence-corrected chi connectivity index (χ0v) is 16.0. The molecule has 2 saturated heterocycles. The molecule has 138 valence electrons. The van der Waals surface area contributed by atoms with E-state index in [-0.39, 0.29) is 30.8 Å². The van der Waals surface area contributed by atoms with Crippen LogP contribution in [0.5, 0.6) is 0 Å². The van der Waals surface area contributed by atoms with Gasteiger partial charge in [0.1, 0.15) is 12.6 Å². The van der Waals surface area contributed by atoms with Crippen molar-refractivity contribution in [2.24, 2.45) is 5.92 Å². The third kappa shape index (κ3) is 4.66. The van der Waals surface area contributed by atoms with Crippen molar-refractivity contribution in [3.05, 3.63) is 34.9 Å². The Hall–Kier alpha value is -1.30. The minimum absolute atomic E-state index is 0. The fraction of sp³-hybridized carbons (Fsp3) is 0.556. The third-order valence-corrected chi connectivity index (χ3v) is 5.32. The van der Waals surface area contributed by atoms with E-state index in [1.54, 1.807) is 15.9 Å². The molecule has 2 amide bonds. The summed E-state index contributed by atoms with van der Waals surface area (Å²) in [6.07, 6.45) is 2.24. The lowest BCUT2D eigenvalue weighted by Crippen LogP contribution is -2.59. The number of nitrogens with one attached hydrogen (secondary N) is 1. The number of rotatable bonds is 4. The van der Waals surface area contributed by atoms with Crippen LogP contribution in [0, 0.1) is 5.92 Å². The summed E-state index contributed by atoms with van der Waals surface area (Å²) < 4.78 is 0. The van der Waals surface area contributed by atoms with Crippen molar-refractivity contribution in [2.75, 3.05) is 26.2 Å². The quantitative estimate of drug-likeness (QED) is 0.864. The van der Waals surface area contributed by atoms with Crippen LogP contribution in [0.1, 0.15) is 25.3 Å². The average Bonchev–Trinajstić information content (AvgIpc) is 2.59. The summed E-state index contributed by atoms with van der Waals surface area (Å²) in [4.78, 5) is 28.7. The Bertz CT molecular complexity index is 620. The normalized spacial score (nSPS) is 24.2. The molecule has 2 fully saturated rings. The van der Waals surface area contributed by atoms with Gasteiger partial charge in [-0.25, -0.2) is 0 Å². The summed E-state index contributed by atoms with van der Waals surface area (Å²) >= 11 is 6.18. The van der Waals surface area contributed by atoms with Gasteiger partial charge in [0, 0.05) is 18.1 Å². The number of benzene rings is 1. The van der Waals surface area contributed by atoms with Crippen LogP contribution >= 0.6 is 24.0 Å². The molecule has 3 rings (SSSR count). The van der Waals surface area contributed by atoms with E-state index in [0.717, 1.165) is 31.5 Å². The van der Waals surface area contributed by atoms with Crippen LogP contribution in [-0.4, -0.2) is 53.8 Å². The molecule has 1 aromatic carbocycles. The Kier molecular flexibility index (Phi) is 7.11. The average molecular weight is 386 g/mol. The minimum Gasteiger partial charge on any atom is -0.329 e. The Morgan fingerprint density at radius 1 is 1.28 bits per heavy atom. The van der Waals surface area contributed by atoms with Crippen LogP contribution in [0.3, 0.4) is 0 Å². The molecule has 5 nitrogen and oxygen atoms in total. The summed E-state index contributed by atoms with van der Waals surface area (Å²) in [5, 5.41) is 3.99. The van der Waals surface area contributed by atoms with E-state index < -0.39 is 6.04 Å². The Labute approximate surface area is 160 Å². The predicted molar refractivity (Wildman–Crippen MR) is 101 cm³/mol. The van der Waals surface area contributed by atoms with Crippen molar-refractivity contribution in [2.45, 2.75) is 32.4 Å². The first-order chi connectivity index (χ1) is 11.6. The zero-order valence-electron chi connectivity index (χ0n) is 14.4. The van der Waals surface area contributed by atoms with Crippen LogP contribution in [0.4, 0.5) is 0 Å². The van der Waals surface area contributed by atoms with Crippen molar-refractivity contribution < 1.29 is 9.59 Å². The van der Waals surface area contributed by atoms with Crippen LogP contribution in [0.25, 0.3) is 0 Å². The number of carbonyl (C=O) groups excluding carboxylic acids is 2. The topological polar surface area (TPSA) is 52.7 Å². The fourth-order valence-electron chi connectivity index (χ4n) is 3.53. The van der Waals surface area contributed by atoms with Crippen LogP contribution in [0.2, 0.25) is 5.02 Å². The Morgan fingerprint density at radius 2 is 2.04 bits per heavy atom. The van der Waals surface area contributed by atoms with Crippen LogP contribution in [0.15, 0.2) is 24.3 Å². The molecule has 0 radical (unpaired) electrons. The molecule has 0 spiro atoms. The number of hydrogen-bond donors (Lipinski definition) is 1. The van der Waals surface area contributed by atoms with E-state index in [0.29, 0.717) is 24.0 Å². The SMILES string of the molecule is C[C@H]1C(=O)N(Cc2ccccc2Cl)CC(=O)N1C[C@H]1CCCNC1.Cl. The minimum atomic E-state index is -0.407. The van der Waals surface area contributed by atoms with Gasteiger partial charge in [-0.1, -0.05) is 29.8 Å². The van der Waals surface area contributed by atoms with Gasteiger partial charge in [0.15, 0.2) is 0 Å². The van der Waals surface area contributed by atoms with Crippen molar-refractivity contribution in [3.8, 4) is 0 Å². The van der Waals surface area contributed by atoms with E-state index >= 15 is 0 Å². The number of hydrogen-bond acceptors (Lipinski definition) is 3. The second-order valence-electron chi connectivity index (χ2n) is 6.72. The summed E-state index contributed by atoms with van der Waals surface area (Å²) in [5.74, 6) is 0.464. The Morgan fingerprint density at radius 3 is 2.72 bits per heavy atom. The van der Waals surface area contributed by atoms with Gasteiger partial charge in [0.2, 0.25) is 11.8 Å².